The van der Waals surface area contributed by atoms with E-state index in [1.54, 1.807) is 18.7 Å². The molecular formula is C27H41N9O2. The normalized spacial score (nSPS) is 21.6. The van der Waals surface area contributed by atoms with Crippen LogP contribution in [0.25, 0.3) is 0 Å². The van der Waals surface area contributed by atoms with Crippen LogP contribution in [-0.4, -0.2) is 74.1 Å². The highest BCUT2D eigenvalue weighted by molar-refractivity contribution is 5.87. The molecule has 2 amide bonds. The Morgan fingerprint density at radius 3 is 2.66 bits per heavy atom. The van der Waals surface area contributed by atoms with Crippen LogP contribution in [0.4, 0.5) is 17.6 Å². The van der Waals surface area contributed by atoms with Crippen molar-refractivity contribution < 1.29 is 9.59 Å². The number of hydrogen-bond acceptors (Lipinski definition) is 8. The number of carbonyl (C=O) groups is 2. The number of fused-ring (bicyclic) bond motifs is 1. The molecule has 1 aliphatic carbocycles. The van der Waals surface area contributed by atoms with Gasteiger partial charge in [-0.05, 0) is 64.7 Å². The van der Waals surface area contributed by atoms with Crippen LogP contribution in [0.1, 0.15) is 82.7 Å². The number of amides is 2. The number of rotatable bonds is 7. The monoisotopic (exact) mass is 523 g/mol. The summed E-state index contributed by atoms with van der Waals surface area (Å²) in [6, 6.07) is 1.60. The fraction of sp³-hybridized carbons (Fsp3) is 0.667. The van der Waals surface area contributed by atoms with E-state index in [4.69, 9.17) is 15.7 Å². The first-order chi connectivity index (χ1) is 18.1. The molecular weight excluding hydrogens is 482 g/mol. The van der Waals surface area contributed by atoms with E-state index < -0.39 is 5.54 Å². The molecule has 3 aliphatic rings. The highest BCUT2D eigenvalue weighted by atomic mass is 16.2. The van der Waals surface area contributed by atoms with Gasteiger partial charge in [0, 0.05) is 43.0 Å². The van der Waals surface area contributed by atoms with E-state index in [1.165, 1.54) is 0 Å². The molecule has 206 valence electrons. The molecule has 2 aromatic heterocycles. The van der Waals surface area contributed by atoms with E-state index in [0.717, 1.165) is 80.1 Å². The Hall–Kier alpha value is -3.21. The summed E-state index contributed by atoms with van der Waals surface area (Å²) in [6.07, 6.45) is 6.21. The third kappa shape index (κ3) is 5.48. The predicted octanol–water partition coefficient (Wildman–Crippen LogP) is 2.37. The third-order valence-electron chi connectivity index (χ3n) is 7.81. The molecule has 4 heterocycles. The van der Waals surface area contributed by atoms with Crippen molar-refractivity contribution in [2.75, 3.05) is 29.9 Å². The molecule has 0 unspecified atom stereocenters. The zero-order chi connectivity index (χ0) is 27.0. The number of aryl methyl sites for hydroxylation is 1. The number of anilines is 3. The van der Waals surface area contributed by atoms with Crippen molar-refractivity contribution in [3.05, 3.63) is 23.0 Å². The Morgan fingerprint density at radius 2 is 1.92 bits per heavy atom. The summed E-state index contributed by atoms with van der Waals surface area (Å²) in [5.41, 5.74) is 8.37. The second kappa shape index (κ2) is 10.5. The van der Waals surface area contributed by atoms with Crippen LogP contribution < -0.4 is 21.3 Å². The number of aromatic amines is 1. The Labute approximate surface area is 224 Å². The molecule has 2 fully saturated rings. The van der Waals surface area contributed by atoms with Gasteiger partial charge in [-0.25, -0.2) is 4.98 Å². The van der Waals surface area contributed by atoms with Crippen LogP contribution in [0, 0.1) is 0 Å². The first-order valence-corrected chi connectivity index (χ1v) is 14.0. The number of likely N-dealkylation sites (tertiary alicyclic amines) is 1. The summed E-state index contributed by atoms with van der Waals surface area (Å²) in [6.45, 7) is 9.59. The van der Waals surface area contributed by atoms with Crippen molar-refractivity contribution in [2.45, 2.75) is 96.2 Å². The van der Waals surface area contributed by atoms with E-state index in [1.807, 2.05) is 11.0 Å². The molecule has 0 radical (unpaired) electrons. The van der Waals surface area contributed by atoms with Gasteiger partial charge in [-0.1, -0.05) is 13.8 Å². The molecule has 2 aliphatic heterocycles. The Morgan fingerprint density at radius 1 is 1.13 bits per heavy atom. The molecule has 2 saturated heterocycles. The maximum atomic E-state index is 13.5. The van der Waals surface area contributed by atoms with Gasteiger partial charge in [0.1, 0.15) is 11.9 Å². The Bertz CT molecular complexity index is 1190. The minimum atomic E-state index is -0.920. The first-order valence-electron chi connectivity index (χ1n) is 14.0. The number of nitrogens with zero attached hydrogens (tertiary/aromatic N) is 5. The van der Waals surface area contributed by atoms with Crippen molar-refractivity contribution in [1.29, 1.82) is 0 Å². The summed E-state index contributed by atoms with van der Waals surface area (Å²) in [5, 5.41) is 14.1. The summed E-state index contributed by atoms with van der Waals surface area (Å²) in [5.74, 6) is 2.35. The minimum absolute atomic E-state index is 0.0266. The molecule has 0 spiro atoms. The largest absolute Gasteiger partial charge is 0.350 e. The molecule has 38 heavy (non-hydrogen) atoms. The number of nitrogens with one attached hydrogen (secondary N) is 3. The lowest BCUT2D eigenvalue weighted by Gasteiger charge is -2.37. The fourth-order valence-electron chi connectivity index (χ4n) is 5.73. The van der Waals surface area contributed by atoms with E-state index in [9.17, 15) is 9.59 Å². The van der Waals surface area contributed by atoms with E-state index in [-0.39, 0.29) is 23.9 Å². The van der Waals surface area contributed by atoms with Gasteiger partial charge in [-0.2, -0.15) is 10.1 Å². The van der Waals surface area contributed by atoms with Crippen LogP contribution in [-0.2, 0) is 22.4 Å². The van der Waals surface area contributed by atoms with Crippen molar-refractivity contribution in [3.8, 4) is 0 Å². The highest BCUT2D eigenvalue weighted by Crippen LogP contribution is 2.33. The standard InChI is InChI=1S/C27H41N9O2/c1-16(2)20-14-22(34-33-20)31-23-18-9-5-10-19(18)30-26(32-23)36-13-7-11-21(36)24(37)29-17-8-6-12-35(15-17)25(38)27(3,4)28/h14,16-17,21H,5-13,15,28H2,1-4H3,(H,29,37)(H2,30,31,32,33,34)/t17-,21+/m1/s1. The summed E-state index contributed by atoms with van der Waals surface area (Å²) in [7, 11) is 0. The third-order valence-corrected chi connectivity index (χ3v) is 7.81. The van der Waals surface area contributed by atoms with E-state index >= 15 is 0 Å². The smallest absolute Gasteiger partial charge is 0.243 e. The molecule has 11 heteroatoms. The number of aromatic nitrogens is 4. The van der Waals surface area contributed by atoms with E-state index in [2.05, 4.69) is 34.7 Å². The number of nitrogens with two attached hydrogens (primary N) is 1. The maximum Gasteiger partial charge on any atom is 0.243 e. The SMILES string of the molecule is CC(C)c1cc(Nc2nc(N3CCC[C@H]3C(=O)N[C@@H]3CCCN(C(=O)C(C)(C)N)C3)nc3c2CCC3)n[nH]1. The van der Waals surface area contributed by atoms with Gasteiger partial charge in [0.25, 0.3) is 0 Å². The number of piperidine rings is 1. The quantitative estimate of drug-likeness (QED) is 0.433. The molecule has 2 atom stereocenters. The lowest BCUT2D eigenvalue weighted by Crippen LogP contribution is -2.58. The molecule has 5 rings (SSSR count). The second-order valence-electron chi connectivity index (χ2n) is 11.8. The first kappa shape index (κ1) is 26.4. The average Bonchev–Trinajstić information content (AvgIpc) is 3.63. The zero-order valence-electron chi connectivity index (χ0n) is 23.0. The van der Waals surface area contributed by atoms with Crippen LogP contribution in [0.15, 0.2) is 6.07 Å². The van der Waals surface area contributed by atoms with Gasteiger partial charge in [0.15, 0.2) is 5.82 Å². The Balaban J connectivity index is 1.31. The Kier molecular flexibility index (Phi) is 7.30. The van der Waals surface area contributed by atoms with E-state index in [0.29, 0.717) is 25.0 Å². The number of carbonyl (C=O) groups excluding carboxylic acids is 2. The minimum Gasteiger partial charge on any atom is -0.350 e. The highest BCUT2D eigenvalue weighted by Gasteiger charge is 2.37. The number of hydrogen-bond donors (Lipinski definition) is 4. The topological polar surface area (TPSA) is 145 Å². The van der Waals surface area contributed by atoms with Crippen molar-refractivity contribution in [1.82, 2.24) is 30.4 Å². The molecule has 5 N–H and O–H groups in total. The summed E-state index contributed by atoms with van der Waals surface area (Å²) in [4.78, 5) is 39.8. The van der Waals surface area contributed by atoms with Crippen LogP contribution in [0.2, 0.25) is 0 Å². The lowest BCUT2D eigenvalue weighted by molar-refractivity contribution is -0.138. The van der Waals surface area contributed by atoms with Gasteiger partial charge in [0.05, 0.1) is 11.2 Å². The second-order valence-corrected chi connectivity index (χ2v) is 11.8. The molecule has 0 bridgehead atoms. The number of H-pyrrole nitrogens is 1. The molecule has 2 aromatic rings. The summed E-state index contributed by atoms with van der Waals surface area (Å²) < 4.78 is 0. The van der Waals surface area contributed by atoms with Crippen LogP contribution in [0.3, 0.4) is 0 Å². The zero-order valence-corrected chi connectivity index (χ0v) is 23.0. The average molecular weight is 524 g/mol. The van der Waals surface area contributed by atoms with Gasteiger partial charge >= 0.3 is 0 Å². The van der Waals surface area contributed by atoms with Crippen molar-refractivity contribution >= 4 is 29.4 Å². The maximum absolute atomic E-state index is 13.5. The van der Waals surface area contributed by atoms with Gasteiger partial charge in [-0.3, -0.25) is 14.7 Å². The molecule has 0 aromatic carbocycles. The van der Waals surface area contributed by atoms with Crippen LogP contribution in [0.5, 0.6) is 0 Å². The van der Waals surface area contributed by atoms with Gasteiger partial charge < -0.3 is 26.2 Å². The summed E-state index contributed by atoms with van der Waals surface area (Å²) >= 11 is 0. The van der Waals surface area contributed by atoms with Crippen molar-refractivity contribution in [2.24, 2.45) is 5.73 Å². The van der Waals surface area contributed by atoms with Gasteiger partial charge in [0.2, 0.25) is 17.8 Å². The molecule has 11 nitrogen and oxygen atoms in total. The van der Waals surface area contributed by atoms with Crippen molar-refractivity contribution in [3.63, 3.8) is 0 Å². The lowest BCUT2D eigenvalue weighted by atomic mass is 10.00. The van der Waals surface area contributed by atoms with Crippen LogP contribution >= 0.6 is 0 Å². The fourth-order valence-corrected chi connectivity index (χ4v) is 5.73. The molecule has 0 saturated carbocycles. The predicted molar refractivity (Wildman–Crippen MR) is 146 cm³/mol. The van der Waals surface area contributed by atoms with Gasteiger partial charge in [-0.15, -0.1) is 0 Å².